The SMILES string of the molecule is CC(=C1CCC1)S(=O)O. The fourth-order valence-electron chi connectivity index (χ4n) is 0.829. The highest BCUT2D eigenvalue weighted by molar-refractivity contribution is 7.83. The average Bonchev–Trinajstić information content (AvgIpc) is 1.60. The van der Waals surface area contributed by atoms with Gasteiger partial charge in [-0.25, -0.2) is 4.21 Å². The Morgan fingerprint density at radius 2 is 2.22 bits per heavy atom. The Bertz CT molecular complexity index is 166. The Morgan fingerprint density at radius 3 is 2.33 bits per heavy atom. The molecule has 1 N–H and O–H groups in total. The molecule has 0 bridgehead atoms. The maximum atomic E-state index is 10.4. The summed E-state index contributed by atoms with van der Waals surface area (Å²) in [7, 11) is 0. The normalized spacial score (nSPS) is 20.9. The topological polar surface area (TPSA) is 37.3 Å². The van der Waals surface area contributed by atoms with Crippen molar-refractivity contribution in [2.24, 2.45) is 0 Å². The highest BCUT2D eigenvalue weighted by Gasteiger charge is 2.13. The summed E-state index contributed by atoms with van der Waals surface area (Å²) >= 11 is -1.71. The molecule has 0 spiro atoms. The molecular formula is C6H10O2S. The van der Waals surface area contributed by atoms with Crippen molar-refractivity contribution in [1.82, 2.24) is 0 Å². The molecule has 1 atom stereocenters. The second-order valence-electron chi connectivity index (χ2n) is 2.26. The van der Waals surface area contributed by atoms with Gasteiger partial charge in [-0.3, -0.25) is 0 Å². The molecule has 9 heavy (non-hydrogen) atoms. The van der Waals surface area contributed by atoms with E-state index in [0.717, 1.165) is 12.8 Å². The van der Waals surface area contributed by atoms with Crippen molar-refractivity contribution in [1.29, 1.82) is 0 Å². The summed E-state index contributed by atoms with van der Waals surface area (Å²) in [6, 6.07) is 0. The van der Waals surface area contributed by atoms with Crippen LogP contribution in [0, 0.1) is 0 Å². The molecule has 1 rings (SSSR count). The second kappa shape index (κ2) is 2.62. The molecule has 0 aliphatic heterocycles. The summed E-state index contributed by atoms with van der Waals surface area (Å²) in [5.41, 5.74) is 1.18. The third kappa shape index (κ3) is 1.40. The van der Waals surface area contributed by atoms with Crippen molar-refractivity contribution < 1.29 is 8.76 Å². The lowest BCUT2D eigenvalue weighted by Crippen LogP contribution is -2.03. The highest BCUT2D eigenvalue weighted by Crippen LogP contribution is 2.29. The van der Waals surface area contributed by atoms with Crippen LogP contribution in [-0.4, -0.2) is 8.76 Å². The van der Waals surface area contributed by atoms with Crippen LogP contribution in [0.4, 0.5) is 0 Å². The van der Waals surface area contributed by atoms with Gasteiger partial charge >= 0.3 is 0 Å². The number of hydrogen-bond donors (Lipinski definition) is 1. The monoisotopic (exact) mass is 146 g/mol. The lowest BCUT2D eigenvalue weighted by molar-refractivity contribution is 0.567. The predicted molar refractivity (Wildman–Crippen MR) is 37.3 cm³/mol. The van der Waals surface area contributed by atoms with Crippen molar-refractivity contribution >= 4 is 11.1 Å². The van der Waals surface area contributed by atoms with Crippen LogP contribution in [0.1, 0.15) is 26.2 Å². The van der Waals surface area contributed by atoms with E-state index >= 15 is 0 Å². The smallest absolute Gasteiger partial charge is 0.181 e. The zero-order valence-corrected chi connectivity index (χ0v) is 6.20. The summed E-state index contributed by atoms with van der Waals surface area (Å²) in [6.07, 6.45) is 3.24. The quantitative estimate of drug-likeness (QED) is 0.571. The largest absolute Gasteiger partial charge is 0.302 e. The maximum Gasteiger partial charge on any atom is 0.181 e. The Balaban J connectivity index is 2.67. The van der Waals surface area contributed by atoms with Crippen molar-refractivity contribution in [3.63, 3.8) is 0 Å². The molecule has 1 aliphatic rings. The van der Waals surface area contributed by atoms with Gasteiger partial charge in [0.15, 0.2) is 11.1 Å². The van der Waals surface area contributed by atoms with Crippen LogP contribution < -0.4 is 0 Å². The van der Waals surface area contributed by atoms with Gasteiger partial charge in [-0.05, 0) is 26.2 Å². The van der Waals surface area contributed by atoms with Gasteiger partial charge in [0.2, 0.25) is 0 Å². The lowest BCUT2D eigenvalue weighted by Gasteiger charge is -2.17. The molecule has 1 aliphatic carbocycles. The first-order valence-corrected chi connectivity index (χ1v) is 4.12. The van der Waals surface area contributed by atoms with Gasteiger partial charge in [0, 0.05) is 4.91 Å². The van der Waals surface area contributed by atoms with E-state index in [9.17, 15) is 4.21 Å². The Labute approximate surface area is 57.2 Å². The van der Waals surface area contributed by atoms with Crippen LogP contribution in [0.25, 0.3) is 0 Å². The van der Waals surface area contributed by atoms with Gasteiger partial charge in [0.05, 0.1) is 0 Å². The average molecular weight is 146 g/mol. The molecule has 3 heteroatoms. The van der Waals surface area contributed by atoms with Crippen molar-refractivity contribution in [2.45, 2.75) is 26.2 Å². The molecule has 0 radical (unpaired) electrons. The van der Waals surface area contributed by atoms with Gasteiger partial charge in [-0.2, -0.15) is 0 Å². The molecule has 0 aromatic carbocycles. The van der Waals surface area contributed by atoms with E-state index in [-0.39, 0.29) is 0 Å². The molecule has 1 fully saturated rings. The summed E-state index contributed by atoms with van der Waals surface area (Å²) in [4.78, 5) is 0.668. The lowest BCUT2D eigenvalue weighted by atomic mass is 9.92. The Hall–Kier alpha value is -0.150. The molecule has 1 unspecified atom stereocenters. The van der Waals surface area contributed by atoms with E-state index in [1.807, 2.05) is 0 Å². The highest BCUT2D eigenvalue weighted by atomic mass is 32.2. The van der Waals surface area contributed by atoms with E-state index in [2.05, 4.69) is 0 Å². The van der Waals surface area contributed by atoms with E-state index in [4.69, 9.17) is 4.55 Å². The molecular weight excluding hydrogens is 136 g/mol. The standard InChI is InChI=1S/C6H10O2S/c1-5(9(7)8)6-3-2-4-6/h2-4H2,1H3,(H,7,8). The number of rotatable bonds is 1. The van der Waals surface area contributed by atoms with Crippen molar-refractivity contribution in [2.75, 3.05) is 0 Å². The van der Waals surface area contributed by atoms with Crippen LogP contribution in [0.3, 0.4) is 0 Å². The van der Waals surface area contributed by atoms with Gasteiger partial charge in [0.25, 0.3) is 0 Å². The maximum absolute atomic E-state index is 10.4. The first kappa shape index (κ1) is 6.96. The first-order valence-electron chi connectivity index (χ1n) is 3.01. The molecule has 0 heterocycles. The predicted octanol–water partition coefficient (Wildman–Crippen LogP) is 1.67. The molecule has 1 saturated carbocycles. The van der Waals surface area contributed by atoms with Crippen molar-refractivity contribution in [3.8, 4) is 0 Å². The zero-order valence-electron chi connectivity index (χ0n) is 5.39. The van der Waals surface area contributed by atoms with Crippen LogP contribution in [-0.2, 0) is 11.1 Å². The zero-order chi connectivity index (χ0) is 6.85. The second-order valence-corrected chi connectivity index (χ2v) is 3.37. The number of hydrogen-bond acceptors (Lipinski definition) is 1. The summed E-state index contributed by atoms with van der Waals surface area (Å²) < 4.78 is 19.0. The Morgan fingerprint density at radius 1 is 1.67 bits per heavy atom. The fraction of sp³-hybridized carbons (Fsp3) is 0.667. The summed E-state index contributed by atoms with van der Waals surface area (Å²) in [5, 5.41) is 0. The van der Waals surface area contributed by atoms with Crippen LogP contribution in [0.15, 0.2) is 10.5 Å². The van der Waals surface area contributed by atoms with Gasteiger partial charge in [-0.15, -0.1) is 0 Å². The molecule has 2 nitrogen and oxygen atoms in total. The third-order valence-corrected chi connectivity index (χ3v) is 2.53. The number of allylic oxidation sites excluding steroid dienone is 2. The van der Waals surface area contributed by atoms with E-state index in [1.54, 1.807) is 6.92 Å². The van der Waals surface area contributed by atoms with Gasteiger partial charge in [0.1, 0.15) is 0 Å². The summed E-state index contributed by atoms with van der Waals surface area (Å²) in [5.74, 6) is 0. The summed E-state index contributed by atoms with van der Waals surface area (Å²) in [6.45, 7) is 1.73. The van der Waals surface area contributed by atoms with Crippen LogP contribution in [0.2, 0.25) is 0 Å². The molecule has 0 amide bonds. The molecule has 0 aromatic rings. The molecule has 52 valence electrons. The van der Waals surface area contributed by atoms with Gasteiger partial charge in [-0.1, -0.05) is 5.57 Å². The van der Waals surface area contributed by atoms with Crippen molar-refractivity contribution in [3.05, 3.63) is 10.5 Å². The molecule has 0 saturated heterocycles. The van der Waals surface area contributed by atoms with E-state index in [1.165, 1.54) is 12.0 Å². The van der Waals surface area contributed by atoms with E-state index in [0.29, 0.717) is 4.91 Å². The van der Waals surface area contributed by atoms with Crippen LogP contribution >= 0.6 is 0 Å². The minimum atomic E-state index is -1.71. The fourth-order valence-corrected chi connectivity index (χ4v) is 1.28. The molecule has 0 aromatic heterocycles. The minimum Gasteiger partial charge on any atom is -0.302 e. The third-order valence-electron chi connectivity index (χ3n) is 1.72. The first-order chi connectivity index (χ1) is 4.22. The minimum absolute atomic E-state index is 0.668. The Kier molecular flexibility index (Phi) is 2.03. The van der Waals surface area contributed by atoms with Crippen LogP contribution in [0.5, 0.6) is 0 Å². The van der Waals surface area contributed by atoms with E-state index < -0.39 is 11.1 Å². The van der Waals surface area contributed by atoms with Gasteiger partial charge < -0.3 is 4.55 Å².